The van der Waals surface area contributed by atoms with E-state index in [1.165, 1.54) is 0 Å². The Morgan fingerprint density at radius 1 is 1.14 bits per heavy atom. The molecule has 0 fully saturated rings. The molecule has 2 rings (SSSR count). The first-order valence-corrected chi connectivity index (χ1v) is 6.83. The smallest absolute Gasteiger partial charge is 0.253 e. The van der Waals surface area contributed by atoms with Crippen molar-refractivity contribution in [3.63, 3.8) is 0 Å². The largest absolute Gasteiger partial charge is 0.497 e. The van der Waals surface area contributed by atoms with E-state index in [0.717, 1.165) is 22.6 Å². The standard InChI is InChI=1S/C17H20N2O2/c1-12-4-9-15(16(10-12)18-2)17(20)19-11-13-5-7-14(21-3)8-6-13/h4-10,18H,11H2,1-3H3,(H,19,20). The van der Waals surface area contributed by atoms with Gasteiger partial charge in [-0.15, -0.1) is 0 Å². The number of aryl methyl sites for hydroxylation is 1. The Balaban J connectivity index is 2.04. The summed E-state index contributed by atoms with van der Waals surface area (Å²) in [5.41, 5.74) is 3.63. The van der Waals surface area contributed by atoms with Crippen molar-refractivity contribution in [2.24, 2.45) is 0 Å². The molecule has 2 aromatic rings. The van der Waals surface area contributed by atoms with Crippen molar-refractivity contribution in [2.45, 2.75) is 13.5 Å². The van der Waals surface area contributed by atoms with Gasteiger partial charge in [-0.25, -0.2) is 0 Å². The number of nitrogens with one attached hydrogen (secondary N) is 2. The Labute approximate surface area is 125 Å². The molecule has 21 heavy (non-hydrogen) atoms. The maximum absolute atomic E-state index is 12.3. The first kappa shape index (κ1) is 14.9. The van der Waals surface area contributed by atoms with Crippen LogP contribution in [0.5, 0.6) is 5.75 Å². The average Bonchev–Trinajstić information content (AvgIpc) is 2.52. The van der Waals surface area contributed by atoms with Crippen LogP contribution in [0.3, 0.4) is 0 Å². The number of anilines is 1. The van der Waals surface area contributed by atoms with Crippen molar-refractivity contribution in [1.29, 1.82) is 0 Å². The van der Waals surface area contributed by atoms with Crippen LogP contribution in [0.25, 0.3) is 0 Å². The minimum atomic E-state index is -0.0878. The molecule has 1 amide bonds. The van der Waals surface area contributed by atoms with Gasteiger partial charge in [-0.05, 0) is 42.3 Å². The van der Waals surface area contributed by atoms with Crippen LogP contribution in [0.15, 0.2) is 42.5 Å². The van der Waals surface area contributed by atoms with Gasteiger partial charge in [-0.3, -0.25) is 4.79 Å². The van der Waals surface area contributed by atoms with Gasteiger partial charge in [-0.1, -0.05) is 18.2 Å². The average molecular weight is 284 g/mol. The van der Waals surface area contributed by atoms with Gasteiger partial charge in [-0.2, -0.15) is 0 Å². The van der Waals surface area contributed by atoms with Crippen molar-refractivity contribution in [3.8, 4) is 5.75 Å². The third-order valence-electron chi connectivity index (χ3n) is 3.30. The van der Waals surface area contributed by atoms with E-state index in [-0.39, 0.29) is 5.91 Å². The zero-order valence-corrected chi connectivity index (χ0v) is 12.6. The summed E-state index contributed by atoms with van der Waals surface area (Å²) >= 11 is 0. The van der Waals surface area contributed by atoms with Gasteiger partial charge in [0.15, 0.2) is 0 Å². The molecule has 0 heterocycles. The minimum absolute atomic E-state index is 0.0878. The summed E-state index contributed by atoms with van der Waals surface area (Å²) in [5, 5.41) is 5.98. The lowest BCUT2D eigenvalue weighted by Gasteiger charge is -2.11. The highest BCUT2D eigenvalue weighted by molar-refractivity contribution is 5.99. The predicted molar refractivity (Wildman–Crippen MR) is 84.9 cm³/mol. The minimum Gasteiger partial charge on any atom is -0.497 e. The maximum atomic E-state index is 12.3. The van der Waals surface area contributed by atoms with Gasteiger partial charge in [0.25, 0.3) is 5.91 Å². The summed E-state index contributed by atoms with van der Waals surface area (Å²) in [6.45, 7) is 2.49. The van der Waals surface area contributed by atoms with Crippen LogP contribution in [0.1, 0.15) is 21.5 Å². The van der Waals surface area contributed by atoms with E-state index in [1.54, 1.807) is 7.11 Å². The number of rotatable bonds is 5. The Kier molecular flexibility index (Phi) is 4.82. The number of carbonyl (C=O) groups excluding carboxylic acids is 1. The molecular formula is C17H20N2O2. The van der Waals surface area contributed by atoms with Crippen molar-refractivity contribution >= 4 is 11.6 Å². The second-order valence-electron chi connectivity index (χ2n) is 4.83. The van der Waals surface area contributed by atoms with Crippen LogP contribution in [0.4, 0.5) is 5.69 Å². The number of ether oxygens (including phenoxy) is 1. The first-order chi connectivity index (χ1) is 10.1. The zero-order valence-electron chi connectivity index (χ0n) is 12.6. The van der Waals surface area contributed by atoms with Crippen molar-refractivity contribution in [1.82, 2.24) is 5.32 Å². The van der Waals surface area contributed by atoms with Crippen molar-refractivity contribution < 1.29 is 9.53 Å². The molecule has 0 atom stereocenters. The zero-order chi connectivity index (χ0) is 15.2. The number of carbonyl (C=O) groups is 1. The third-order valence-corrected chi connectivity index (χ3v) is 3.30. The SMILES string of the molecule is CNc1cc(C)ccc1C(=O)NCc1ccc(OC)cc1. The highest BCUT2D eigenvalue weighted by atomic mass is 16.5. The first-order valence-electron chi connectivity index (χ1n) is 6.83. The molecule has 0 saturated heterocycles. The Bertz CT molecular complexity index is 621. The van der Waals surface area contributed by atoms with Gasteiger partial charge in [0, 0.05) is 19.3 Å². The van der Waals surface area contributed by atoms with Crippen LogP contribution < -0.4 is 15.4 Å². The molecule has 2 N–H and O–H groups in total. The lowest BCUT2D eigenvalue weighted by molar-refractivity contribution is 0.0951. The Morgan fingerprint density at radius 3 is 2.48 bits per heavy atom. The molecule has 4 nitrogen and oxygen atoms in total. The van der Waals surface area contributed by atoms with E-state index < -0.39 is 0 Å². The number of methoxy groups -OCH3 is 1. The summed E-state index contributed by atoms with van der Waals surface area (Å²) in [4.78, 5) is 12.3. The lowest BCUT2D eigenvalue weighted by atomic mass is 10.1. The summed E-state index contributed by atoms with van der Waals surface area (Å²) < 4.78 is 5.11. The summed E-state index contributed by atoms with van der Waals surface area (Å²) in [5.74, 6) is 0.719. The highest BCUT2D eigenvalue weighted by Gasteiger charge is 2.10. The molecule has 4 heteroatoms. The lowest BCUT2D eigenvalue weighted by Crippen LogP contribution is -2.23. The second-order valence-corrected chi connectivity index (χ2v) is 4.83. The third kappa shape index (κ3) is 3.75. The van der Waals surface area contributed by atoms with Gasteiger partial charge in [0.2, 0.25) is 0 Å². The molecule has 0 aliphatic rings. The van der Waals surface area contributed by atoms with Gasteiger partial charge < -0.3 is 15.4 Å². The monoisotopic (exact) mass is 284 g/mol. The Morgan fingerprint density at radius 2 is 1.86 bits per heavy atom. The predicted octanol–water partition coefficient (Wildman–Crippen LogP) is 2.98. The van der Waals surface area contributed by atoms with Crippen molar-refractivity contribution in [3.05, 3.63) is 59.2 Å². The molecule has 0 bridgehead atoms. The Hall–Kier alpha value is -2.49. The molecule has 0 spiro atoms. The number of amides is 1. The summed E-state index contributed by atoms with van der Waals surface area (Å²) in [6, 6.07) is 13.4. The highest BCUT2D eigenvalue weighted by Crippen LogP contribution is 2.17. The number of benzene rings is 2. The topological polar surface area (TPSA) is 50.4 Å². The van der Waals surface area contributed by atoms with E-state index in [9.17, 15) is 4.79 Å². The quantitative estimate of drug-likeness (QED) is 0.887. The summed E-state index contributed by atoms with van der Waals surface area (Å²) in [7, 11) is 3.45. The fourth-order valence-corrected chi connectivity index (χ4v) is 2.08. The maximum Gasteiger partial charge on any atom is 0.253 e. The molecule has 2 aromatic carbocycles. The van der Waals surface area contributed by atoms with E-state index in [0.29, 0.717) is 12.1 Å². The van der Waals surface area contributed by atoms with Crippen LogP contribution >= 0.6 is 0 Å². The number of hydrogen-bond donors (Lipinski definition) is 2. The molecule has 0 aliphatic carbocycles. The fraction of sp³-hybridized carbons (Fsp3) is 0.235. The van der Waals surface area contributed by atoms with E-state index >= 15 is 0 Å². The van der Waals surface area contributed by atoms with Crippen LogP contribution in [-0.2, 0) is 6.54 Å². The molecular weight excluding hydrogens is 264 g/mol. The van der Waals surface area contributed by atoms with Crippen molar-refractivity contribution in [2.75, 3.05) is 19.5 Å². The molecule has 0 unspecified atom stereocenters. The van der Waals surface area contributed by atoms with E-state index in [4.69, 9.17) is 4.74 Å². The van der Waals surface area contributed by atoms with E-state index in [1.807, 2.05) is 56.4 Å². The molecule has 110 valence electrons. The van der Waals surface area contributed by atoms with Gasteiger partial charge in [0.1, 0.15) is 5.75 Å². The molecule has 0 saturated carbocycles. The van der Waals surface area contributed by atoms with Crippen LogP contribution in [-0.4, -0.2) is 20.1 Å². The molecule has 0 radical (unpaired) electrons. The normalized spacial score (nSPS) is 10.0. The number of hydrogen-bond acceptors (Lipinski definition) is 3. The second kappa shape index (κ2) is 6.79. The van der Waals surface area contributed by atoms with Crippen LogP contribution in [0.2, 0.25) is 0 Å². The van der Waals surface area contributed by atoms with Crippen LogP contribution in [0, 0.1) is 6.92 Å². The van der Waals surface area contributed by atoms with E-state index in [2.05, 4.69) is 10.6 Å². The van der Waals surface area contributed by atoms with Gasteiger partial charge >= 0.3 is 0 Å². The summed E-state index contributed by atoms with van der Waals surface area (Å²) in [6.07, 6.45) is 0. The fourth-order valence-electron chi connectivity index (χ4n) is 2.08. The molecule has 0 aromatic heterocycles. The van der Waals surface area contributed by atoms with Gasteiger partial charge in [0.05, 0.1) is 12.7 Å². The molecule has 0 aliphatic heterocycles.